The van der Waals surface area contributed by atoms with Crippen molar-refractivity contribution in [3.8, 4) is 0 Å². The van der Waals surface area contributed by atoms with Crippen molar-refractivity contribution in [3.63, 3.8) is 0 Å². The molecule has 1 unspecified atom stereocenters. The van der Waals surface area contributed by atoms with Gasteiger partial charge in [0.25, 0.3) is 11.8 Å². The molecule has 2 aromatic carbocycles. The van der Waals surface area contributed by atoms with Gasteiger partial charge in [-0.3, -0.25) is 14.4 Å². The molecule has 0 spiro atoms. The molecule has 5 nitrogen and oxygen atoms in total. The Morgan fingerprint density at radius 1 is 1.04 bits per heavy atom. The summed E-state index contributed by atoms with van der Waals surface area (Å²) in [7, 11) is 0. The molecule has 7 heteroatoms. The van der Waals surface area contributed by atoms with Crippen LogP contribution in [-0.4, -0.2) is 23.6 Å². The maximum Gasteiger partial charge on any atom is 0.287 e. The van der Waals surface area contributed by atoms with Crippen LogP contribution in [-0.2, 0) is 16.0 Å². The molecule has 2 rings (SSSR count). The highest BCUT2D eigenvalue weighted by Crippen LogP contribution is 2.20. The molecular weight excluding hydrogens is 375 g/mol. The van der Waals surface area contributed by atoms with Crippen molar-refractivity contribution in [3.05, 3.63) is 69.7 Å². The zero-order chi connectivity index (χ0) is 19.7. The lowest BCUT2D eigenvalue weighted by atomic mass is 10.0. The van der Waals surface area contributed by atoms with E-state index in [2.05, 4.69) is 5.32 Å². The lowest BCUT2D eigenvalue weighted by Crippen LogP contribution is -2.47. The van der Waals surface area contributed by atoms with E-state index in [9.17, 15) is 14.4 Å². The van der Waals surface area contributed by atoms with Crippen LogP contribution in [0, 0.1) is 0 Å². The van der Waals surface area contributed by atoms with E-state index in [1.165, 1.54) is 18.2 Å². The Morgan fingerprint density at radius 2 is 1.65 bits per heavy atom. The number of ketones is 1. The average molecular weight is 395 g/mol. The molecule has 2 amide bonds. The molecule has 2 aromatic rings. The zero-order valence-corrected chi connectivity index (χ0v) is 16.0. The minimum atomic E-state index is -1.12. The van der Waals surface area contributed by atoms with Gasteiger partial charge in [-0.2, -0.15) is 0 Å². The number of rotatable bonds is 6. The second-order valence-corrected chi connectivity index (χ2v) is 5.91. The quantitative estimate of drug-likeness (QED) is 0.735. The molecule has 0 aliphatic rings. The van der Waals surface area contributed by atoms with Gasteiger partial charge in [-0.15, -0.1) is 0 Å². The molecule has 0 fully saturated rings. The summed E-state index contributed by atoms with van der Waals surface area (Å²) in [5.74, 6) is -2.61. The molecule has 3 N–H and O–H groups in total. The van der Waals surface area contributed by atoms with Crippen LogP contribution in [0.4, 0.5) is 0 Å². The van der Waals surface area contributed by atoms with Crippen LogP contribution in [0.3, 0.4) is 0 Å². The van der Waals surface area contributed by atoms with E-state index >= 15 is 0 Å². The summed E-state index contributed by atoms with van der Waals surface area (Å²) in [6.07, 6.45) is 0.131. The lowest BCUT2D eigenvalue weighted by Gasteiger charge is -2.17. The number of carbonyl (C=O) groups excluding carboxylic acids is 3. The summed E-state index contributed by atoms with van der Waals surface area (Å²) >= 11 is 11.8. The normalized spacial score (nSPS) is 10.9. The van der Waals surface area contributed by atoms with Gasteiger partial charge in [0.2, 0.25) is 5.78 Å². The molecule has 1 atom stereocenters. The Balaban J connectivity index is 0.00000163. The van der Waals surface area contributed by atoms with Crippen molar-refractivity contribution < 1.29 is 14.4 Å². The predicted molar refractivity (Wildman–Crippen MR) is 103 cm³/mol. The molecule has 0 saturated heterocycles. The van der Waals surface area contributed by atoms with Gasteiger partial charge in [-0.1, -0.05) is 67.4 Å². The molecule has 0 bridgehead atoms. The highest BCUT2D eigenvalue weighted by atomic mass is 35.5. The van der Waals surface area contributed by atoms with E-state index < -0.39 is 23.6 Å². The third-order valence-corrected chi connectivity index (χ3v) is 3.89. The van der Waals surface area contributed by atoms with Crippen LogP contribution < -0.4 is 11.1 Å². The van der Waals surface area contributed by atoms with Gasteiger partial charge < -0.3 is 11.1 Å². The highest BCUT2D eigenvalue weighted by Gasteiger charge is 2.26. The summed E-state index contributed by atoms with van der Waals surface area (Å²) in [6, 6.07) is 12.3. The van der Waals surface area contributed by atoms with E-state index in [-0.39, 0.29) is 17.0 Å². The minimum absolute atomic E-state index is 0.111. The molecule has 0 aliphatic heterocycles. The van der Waals surface area contributed by atoms with Gasteiger partial charge in [0.15, 0.2) is 0 Å². The minimum Gasteiger partial charge on any atom is -0.363 e. The third-order valence-electron chi connectivity index (χ3n) is 3.32. The van der Waals surface area contributed by atoms with Crippen molar-refractivity contribution in [1.29, 1.82) is 0 Å². The number of primary amides is 1. The number of nitrogens with two attached hydrogens (primary N) is 1. The number of hydrogen-bond acceptors (Lipinski definition) is 3. The SMILES string of the molecule is CC.NC(=O)C(=O)C(Cc1ccccc1)NC(=O)c1cc(Cl)ccc1Cl. The molecule has 0 aromatic heterocycles. The second-order valence-electron chi connectivity index (χ2n) is 5.07. The number of carbonyl (C=O) groups is 3. The summed E-state index contributed by atoms with van der Waals surface area (Å²) in [6.45, 7) is 4.00. The van der Waals surface area contributed by atoms with E-state index in [1.54, 1.807) is 24.3 Å². The lowest BCUT2D eigenvalue weighted by molar-refractivity contribution is -0.137. The van der Waals surface area contributed by atoms with Gasteiger partial charge in [0.05, 0.1) is 10.6 Å². The Labute approximate surface area is 162 Å². The fraction of sp³-hybridized carbons (Fsp3) is 0.211. The summed E-state index contributed by atoms with van der Waals surface area (Å²) < 4.78 is 0. The summed E-state index contributed by atoms with van der Waals surface area (Å²) in [5.41, 5.74) is 5.96. The van der Waals surface area contributed by atoms with Crippen molar-refractivity contribution in [2.45, 2.75) is 26.3 Å². The monoisotopic (exact) mass is 394 g/mol. The van der Waals surface area contributed by atoms with Gasteiger partial charge in [-0.05, 0) is 23.8 Å². The Morgan fingerprint density at radius 3 is 2.23 bits per heavy atom. The van der Waals surface area contributed by atoms with Gasteiger partial charge in [-0.25, -0.2) is 0 Å². The largest absolute Gasteiger partial charge is 0.363 e. The van der Waals surface area contributed by atoms with Crippen LogP contribution in [0.25, 0.3) is 0 Å². The molecule has 0 radical (unpaired) electrons. The molecule has 0 heterocycles. The first-order valence-corrected chi connectivity index (χ1v) is 8.77. The van der Waals surface area contributed by atoms with Gasteiger partial charge in [0.1, 0.15) is 6.04 Å². The van der Waals surface area contributed by atoms with Crippen LogP contribution in [0.2, 0.25) is 10.0 Å². The number of halogens is 2. The highest BCUT2D eigenvalue weighted by molar-refractivity contribution is 6.38. The zero-order valence-electron chi connectivity index (χ0n) is 14.5. The standard InChI is InChI=1S/C17H14Cl2N2O3.C2H6/c18-11-6-7-13(19)12(9-11)17(24)21-14(15(22)16(20)23)8-10-4-2-1-3-5-10;1-2/h1-7,9,14H,8H2,(H2,20,23)(H,21,24);1-2H3. The maximum atomic E-state index is 12.4. The van der Waals surface area contributed by atoms with E-state index in [1.807, 2.05) is 19.9 Å². The average Bonchev–Trinajstić information content (AvgIpc) is 2.64. The molecule has 26 heavy (non-hydrogen) atoms. The predicted octanol–water partition coefficient (Wildman–Crippen LogP) is 3.42. The number of nitrogens with one attached hydrogen (secondary N) is 1. The first-order valence-electron chi connectivity index (χ1n) is 8.02. The van der Waals surface area contributed by atoms with Crippen LogP contribution >= 0.6 is 23.2 Å². The van der Waals surface area contributed by atoms with E-state index in [4.69, 9.17) is 28.9 Å². The van der Waals surface area contributed by atoms with Crippen LogP contribution in [0.1, 0.15) is 29.8 Å². The Kier molecular flexibility index (Phi) is 8.82. The topological polar surface area (TPSA) is 89.3 Å². The fourth-order valence-electron chi connectivity index (χ4n) is 2.14. The summed E-state index contributed by atoms with van der Waals surface area (Å²) in [5, 5.41) is 3.01. The molecule has 0 saturated carbocycles. The van der Waals surface area contributed by atoms with E-state index in [0.717, 1.165) is 5.56 Å². The summed E-state index contributed by atoms with van der Waals surface area (Å²) in [4.78, 5) is 35.6. The Hall–Kier alpha value is -2.37. The van der Waals surface area contributed by atoms with Crippen molar-refractivity contribution in [1.82, 2.24) is 5.32 Å². The number of Topliss-reactive ketones (excluding diaryl/α,β-unsaturated/α-hetero) is 1. The molecular formula is C19H20Cl2N2O3. The molecule has 0 aliphatic carbocycles. The maximum absolute atomic E-state index is 12.4. The smallest absolute Gasteiger partial charge is 0.287 e. The fourth-order valence-corrected chi connectivity index (χ4v) is 2.51. The van der Waals surface area contributed by atoms with E-state index in [0.29, 0.717) is 5.02 Å². The van der Waals surface area contributed by atoms with Gasteiger partial charge >= 0.3 is 0 Å². The van der Waals surface area contributed by atoms with Crippen LogP contribution in [0.15, 0.2) is 48.5 Å². The Bertz CT molecular complexity index is 780. The number of benzene rings is 2. The van der Waals surface area contributed by atoms with Crippen molar-refractivity contribution in [2.75, 3.05) is 0 Å². The third kappa shape index (κ3) is 6.17. The van der Waals surface area contributed by atoms with Crippen molar-refractivity contribution in [2.24, 2.45) is 5.73 Å². The first-order chi connectivity index (χ1) is 12.4. The molecule has 138 valence electrons. The van der Waals surface area contributed by atoms with Gasteiger partial charge in [0, 0.05) is 11.4 Å². The second kappa shape index (κ2) is 10.6. The van der Waals surface area contributed by atoms with Crippen molar-refractivity contribution >= 4 is 40.8 Å². The first kappa shape index (κ1) is 21.7. The number of amides is 2. The number of hydrogen-bond donors (Lipinski definition) is 2. The van der Waals surface area contributed by atoms with Crippen LogP contribution in [0.5, 0.6) is 0 Å².